The Labute approximate surface area is 166 Å². The van der Waals surface area contributed by atoms with Gasteiger partial charge in [0.2, 0.25) is 0 Å². The quantitative estimate of drug-likeness (QED) is 0.728. The van der Waals surface area contributed by atoms with Crippen LogP contribution in [0.25, 0.3) is 11.0 Å². The summed E-state index contributed by atoms with van der Waals surface area (Å²) in [5.74, 6) is 1.61. The second-order valence-electron chi connectivity index (χ2n) is 8.44. The molecule has 1 saturated carbocycles. The predicted molar refractivity (Wildman–Crippen MR) is 110 cm³/mol. The van der Waals surface area contributed by atoms with Gasteiger partial charge >= 0.3 is 0 Å². The smallest absolute Gasteiger partial charge is 0.134 e. The molecule has 1 unspecified atom stereocenters. The lowest BCUT2D eigenvalue weighted by atomic mass is 9.63. The summed E-state index contributed by atoms with van der Waals surface area (Å²) in [4.78, 5) is 6.82. The molecule has 28 heavy (non-hydrogen) atoms. The van der Waals surface area contributed by atoms with E-state index in [1.165, 1.54) is 17.4 Å². The lowest BCUT2D eigenvalue weighted by Crippen LogP contribution is -2.57. The zero-order valence-electron chi connectivity index (χ0n) is 16.5. The maximum absolute atomic E-state index is 11.8. The molecule has 1 N–H and O–H groups in total. The molecular formula is C24H28N2O2. The molecule has 2 aliphatic rings. The molecule has 1 aliphatic heterocycles. The molecule has 3 heterocycles. The molecule has 0 amide bonds. The lowest BCUT2D eigenvalue weighted by Gasteiger charge is -2.53. The van der Waals surface area contributed by atoms with Crippen molar-refractivity contribution in [2.24, 2.45) is 11.8 Å². The highest BCUT2D eigenvalue weighted by Gasteiger charge is 2.51. The highest BCUT2D eigenvalue weighted by molar-refractivity contribution is 5.82. The number of aromatic nitrogens is 1. The van der Waals surface area contributed by atoms with E-state index in [1.54, 1.807) is 6.20 Å². The number of rotatable bonds is 4. The van der Waals surface area contributed by atoms with Crippen LogP contribution in [0.1, 0.15) is 43.1 Å². The number of aryl methyl sites for hydroxylation is 1. The highest BCUT2D eigenvalue weighted by Crippen LogP contribution is 2.49. The number of benzene rings is 1. The van der Waals surface area contributed by atoms with Gasteiger partial charge in [0.15, 0.2) is 0 Å². The van der Waals surface area contributed by atoms with Crippen molar-refractivity contribution in [3.63, 3.8) is 0 Å². The van der Waals surface area contributed by atoms with Gasteiger partial charge in [0.1, 0.15) is 11.3 Å². The van der Waals surface area contributed by atoms with Crippen LogP contribution in [0.5, 0.6) is 0 Å². The zero-order chi connectivity index (χ0) is 19.1. The standard InChI is InChI=1S/C24H28N2O2/c1-2-22-21(20-10-3-4-11-23(20)28-22)16-26-14-18-7-5-8-19(15-26)24(18,27)17-9-6-12-25-13-17/h3-4,6,9-13,18-19,27H,2,5,7-8,14-16H2,1H3/t18-,19+,24?. The number of nitrogens with zero attached hydrogens (tertiary/aromatic N) is 2. The Hall–Kier alpha value is -2.17. The van der Waals surface area contributed by atoms with Gasteiger partial charge in [-0.05, 0) is 25.0 Å². The Balaban J connectivity index is 1.45. The van der Waals surface area contributed by atoms with Gasteiger partial charge in [0.05, 0.1) is 5.60 Å². The van der Waals surface area contributed by atoms with Crippen LogP contribution in [0.15, 0.2) is 53.2 Å². The Morgan fingerprint density at radius 2 is 1.93 bits per heavy atom. The molecular weight excluding hydrogens is 348 g/mol. The van der Waals surface area contributed by atoms with Crippen LogP contribution < -0.4 is 0 Å². The summed E-state index contributed by atoms with van der Waals surface area (Å²) in [5, 5.41) is 13.0. The van der Waals surface area contributed by atoms with Crippen molar-refractivity contribution in [1.82, 2.24) is 9.88 Å². The fraction of sp³-hybridized carbons (Fsp3) is 0.458. The maximum Gasteiger partial charge on any atom is 0.134 e. The number of furan rings is 1. The van der Waals surface area contributed by atoms with Gasteiger partial charge in [-0.3, -0.25) is 9.88 Å². The minimum atomic E-state index is -0.741. The first-order chi connectivity index (χ1) is 13.7. The van der Waals surface area contributed by atoms with E-state index in [2.05, 4.69) is 35.0 Å². The molecule has 4 nitrogen and oxygen atoms in total. The molecule has 0 spiro atoms. The molecule has 146 valence electrons. The summed E-state index contributed by atoms with van der Waals surface area (Å²) < 4.78 is 6.11. The first kappa shape index (κ1) is 17.9. The van der Waals surface area contributed by atoms with Crippen LogP contribution in [0.2, 0.25) is 0 Å². The van der Waals surface area contributed by atoms with Gasteiger partial charge < -0.3 is 9.52 Å². The minimum Gasteiger partial charge on any atom is -0.461 e. The second kappa shape index (κ2) is 7.02. The predicted octanol–water partition coefficient (Wildman–Crippen LogP) is 4.51. The average molecular weight is 376 g/mol. The first-order valence-electron chi connectivity index (χ1n) is 10.5. The van der Waals surface area contributed by atoms with E-state index in [-0.39, 0.29) is 11.8 Å². The lowest BCUT2D eigenvalue weighted by molar-refractivity contribution is -0.148. The summed E-state index contributed by atoms with van der Waals surface area (Å²) in [7, 11) is 0. The molecule has 2 aromatic heterocycles. The monoisotopic (exact) mass is 376 g/mol. The van der Waals surface area contributed by atoms with E-state index < -0.39 is 5.60 Å². The molecule has 1 aliphatic carbocycles. The molecule has 4 heteroatoms. The van der Waals surface area contributed by atoms with Crippen molar-refractivity contribution < 1.29 is 9.52 Å². The molecule has 3 atom stereocenters. The van der Waals surface area contributed by atoms with E-state index in [0.717, 1.165) is 55.8 Å². The van der Waals surface area contributed by atoms with Crippen molar-refractivity contribution in [3.05, 3.63) is 65.7 Å². The normalized spacial score (nSPS) is 27.9. The molecule has 2 fully saturated rings. The van der Waals surface area contributed by atoms with Crippen molar-refractivity contribution in [3.8, 4) is 0 Å². The van der Waals surface area contributed by atoms with Gasteiger partial charge in [-0.25, -0.2) is 0 Å². The first-order valence-corrected chi connectivity index (χ1v) is 10.5. The second-order valence-corrected chi connectivity index (χ2v) is 8.44. The fourth-order valence-corrected chi connectivity index (χ4v) is 5.58. The summed E-state index contributed by atoms with van der Waals surface area (Å²) >= 11 is 0. The molecule has 1 aromatic carbocycles. The van der Waals surface area contributed by atoms with E-state index in [9.17, 15) is 5.11 Å². The average Bonchev–Trinajstić information content (AvgIpc) is 3.07. The number of piperidine rings is 1. The van der Waals surface area contributed by atoms with Gasteiger partial charge in [0.25, 0.3) is 0 Å². The highest BCUT2D eigenvalue weighted by atomic mass is 16.3. The van der Waals surface area contributed by atoms with Crippen LogP contribution in [0.3, 0.4) is 0 Å². The molecule has 3 aromatic rings. The number of hydrogen-bond acceptors (Lipinski definition) is 4. The fourth-order valence-electron chi connectivity index (χ4n) is 5.58. The number of likely N-dealkylation sites (tertiary alicyclic amines) is 1. The van der Waals surface area contributed by atoms with E-state index in [0.29, 0.717) is 0 Å². The summed E-state index contributed by atoms with van der Waals surface area (Å²) in [6.45, 7) is 4.90. The van der Waals surface area contributed by atoms with Crippen LogP contribution in [-0.2, 0) is 18.6 Å². The third kappa shape index (κ3) is 2.78. The van der Waals surface area contributed by atoms with Crippen LogP contribution in [0.4, 0.5) is 0 Å². The number of hydrogen-bond donors (Lipinski definition) is 1. The van der Waals surface area contributed by atoms with Crippen molar-refractivity contribution in [2.45, 2.75) is 44.8 Å². The third-order valence-electron chi connectivity index (χ3n) is 6.92. The van der Waals surface area contributed by atoms with Gasteiger partial charge in [-0.1, -0.05) is 37.6 Å². The Morgan fingerprint density at radius 1 is 1.14 bits per heavy atom. The van der Waals surface area contributed by atoms with Crippen molar-refractivity contribution in [2.75, 3.05) is 13.1 Å². The topological polar surface area (TPSA) is 49.5 Å². The number of para-hydroxylation sites is 1. The molecule has 5 rings (SSSR count). The zero-order valence-corrected chi connectivity index (χ0v) is 16.5. The van der Waals surface area contributed by atoms with Crippen LogP contribution >= 0.6 is 0 Å². The van der Waals surface area contributed by atoms with E-state index >= 15 is 0 Å². The Morgan fingerprint density at radius 3 is 2.64 bits per heavy atom. The molecule has 1 saturated heterocycles. The van der Waals surface area contributed by atoms with Gasteiger partial charge in [0, 0.05) is 66.8 Å². The number of pyridine rings is 1. The summed E-state index contributed by atoms with van der Waals surface area (Å²) in [5.41, 5.74) is 2.56. The maximum atomic E-state index is 11.8. The third-order valence-corrected chi connectivity index (χ3v) is 6.92. The number of aliphatic hydroxyl groups is 1. The van der Waals surface area contributed by atoms with E-state index in [4.69, 9.17) is 4.42 Å². The van der Waals surface area contributed by atoms with Crippen LogP contribution in [0, 0.1) is 11.8 Å². The van der Waals surface area contributed by atoms with Crippen molar-refractivity contribution in [1.29, 1.82) is 0 Å². The number of fused-ring (bicyclic) bond motifs is 3. The van der Waals surface area contributed by atoms with Gasteiger partial charge in [-0.2, -0.15) is 0 Å². The summed E-state index contributed by atoms with van der Waals surface area (Å²) in [6, 6.07) is 12.3. The van der Waals surface area contributed by atoms with Gasteiger partial charge in [-0.15, -0.1) is 0 Å². The van der Waals surface area contributed by atoms with E-state index in [1.807, 2.05) is 24.4 Å². The van der Waals surface area contributed by atoms with Crippen molar-refractivity contribution >= 4 is 11.0 Å². The molecule has 0 radical (unpaired) electrons. The Kier molecular flexibility index (Phi) is 4.48. The summed E-state index contributed by atoms with van der Waals surface area (Å²) in [6.07, 6.45) is 7.91. The minimum absolute atomic E-state index is 0.257. The largest absolute Gasteiger partial charge is 0.461 e. The SMILES string of the molecule is CCc1oc2ccccc2c1CN1C[C@H]2CCC[C@@H](C1)C2(O)c1cccnc1. The molecule has 2 bridgehead atoms. The Bertz CT molecular complexity index is 951. The van der Waals surface area contributed by atoms with Crippen LogP contribution in [-0.4, -0.2) is 28.1 Å².